The molecule has 2 rings (SSSR count). The van der Waals surface area contributed by atoms with E-state index in [2.05, 4.69) is 15.3 Å². The van der Waals surface area contributed by atoms with Gasteiger partial charge in [0.1, 0.15) is 5.69 Å². The smallest absolute Gasteiger partial charge is 0.270 e. The molecule has 20 heavy (non-hydrogen) atoms. The number of aliphatic hydroxyl groups is 1. The lowest BCUT2D eigenvalue weighted by atomic mass is 10.1. The van der Waals surface area contributed by atoms with Gasteiger partial charge in [0.05, 0.1) is 6.61 Å². The van der Waals surface area contributed by atoms with Crippen LogP contribution < -0.4 is 5.32 Å². The Kier molecular flexibility index (Phi) is 4.79. The zero-order valence-electron chi connectivity index (χ0n) is 11.3. The van der Waals surface area contributed by atoms with E-state index < -0.39 is 0 Å². The Morgan fingerprint density at radius 3 is 2.90 bits per heavy atom. The molecule has 0 saturated heterocycles. The molecular weight excluding hydrogens is 254 g/mol. The fourth-order valence-electron chi connectivity index (χ4n) is 1.92. The van der Waals surface area contributed by atoms with Gasteiger partial charge in [-0.05, 0) is 42.7 Å². The highest BCUT2D eigenvalue weighted by atomic mass is 16.3. The molecule has 1 atom stereocenters. The van der Waals surface area contributed by atoms with E-state index >= 15 is 0 Å². The molecule has 2 N–H and O–H groups in total. The number of nitrogens with zero attached hydrogens (tertiary/aromatic N) is 2. The van der Waals surface area contributed by atoms with Gasteiger partial charge in [0.15, 0.2) is 0 Å². The fourth-order valence-corrected chi connectivity index (χ4v) is 1.92. The molecule has 0 fully saturated rings. The van der Waals surface area contributed by atoms with Crippen LogP contribution in [0.2, 0.25) is 0 Å². The summed E-state index contributed by atoms with van der Waals surface area (Å²) in [6, 6.07) is 7.09. The quantitative estimate of drug-likeness (QED) is 0.860. The number of carbonyl (C=O) groups is 1. The van der Waals surface area contributed by atoms with Crippen LogP contribution in [0.1, 0.15) is 28.5 Å². The van der Waals surface area contributed by atoms with Gasteiger partial charge in [0, 0.05) is 24.6 Å². The molecule has 0 aliphatic carbocycles. The Balaban J connectivity index is 1.96. The van der Waals surface area contributed by atoms with Crippen LogP contribution in [0.3, 0.4) is 0 Å². The van der Waals surface area contributed by atoms with Crippen LogP contribution in [0.25, 0.3) is 0 Å². The predicted octanol–water partition coefficient (Wildman–Crippen LogP) is 1.33. The standard InChI is InChI=1S/C15H17N3O2/c1-11(7-12-3-2-5-16-9-12)18-15(20)14-8-13(10-19)4-6-17-14/h2-6,8-9,11,19H,7,10H2,1H3,(H,18,20)/t11-/m0/s1. The van der Waals surface area contributed by atoms with Gasteiger partial charge >= 0.3 is 0 Å². The van der Waals surface area contributed by atoms with Crippen molar-refractivity contribution in [2.24, 2.45) is 0 Å². The summed E-state index contributed by atoms with van der Waals surface area (Å²) in [5, 5.41) is 11.9. The number of pyridine rings is 2. The lowest BCUT2D eigenvalue weighted by molar-refractivity contribution is 0.0935. The molecule has 1 amide bonds. The van der Waals surface area contributed by atoms with Gasteiger partial charge in [-0.1, -0.05) is 6.07 Å². The second-order valence-electron chi connectivity index (χ2n) is 4.65. The summed E-state index contributed by atoms with van der Waals surface area (Å²) in [6.45, 7) is 1.83. The summed E-state index contributed by atoms with van der Waals surface area (Å²) in [6.07, 6.45) is 5.73. The van der Waals surface area contributed by atoms with Gasteiger partial charge < -0.3 is 10.4 Å². The Labute approximate surface area is 117 Å². The highest BCUT2D eigenvalue weighted by Gasteiger charge is 2.12. The molecule has 0 bridgehead atoms. The highest BCUT2D eigenvalue weighted by molar-refractivity contribution is 5.92. The maximum atomic E-state index is 12.0. The maximum absolute atomic E-state index is 12.0. The zero-order valence-corrected chi connectivity index (χ0v) is 11.3. The molecule has 0 unspecified atom stereocenters. The van der Waals surface area contributed by atoms with Crippen molar-refractivity contribution >= 4 is 5.91 Å². The van der Waals surface area contributed by atoms with Crippen LogP contribution in [0.4, 0.5) is 0 Å². The third-order valence-corrected chi connectivity index (χ3v) is 2.88. The van der Waals surface area contributed by atoms with Crippen molar-refractivity contribution in [3.8, 4) is 0 Å². The maximum Gasteiger partial charge on any atom is 0.270 e. The molecule has 0 radical (unpaired) electrons. The van der Waals surface area contributed by atoms with E-state index in [0.717, 1.165) is 5.56 Å². The Morgan fingerprint density at radius 1 is 1.35 bits per heavy atom. The summed E-state index contributed by atoms with van der Waals surface area (Å²) in [7, 11) is 0. The van der Waals surface area contributed by atoms with E-state index in [-0.39, 0.29) is 18.6 Å². The van der Waals surface area contributed by atoms with Crippen molar-refractivity contribution in [3.63, 3.8) is 0 Å². The second-order valence-corrected chi connectivity index (χ2v) is 4.65. The van der Waals surface area contributed by atoms with E-state index in [1.54, 1.807) is 24.5 Å². The van der Waals surface area contributed by atoms with Crippen molar-refractivity contribution < 1.29 is 9.90 Å². The van der Waals surface area contributed by atoms with Crippen molar-refractivity contribution in [2.75, 3.05) is 0 Å². The van der Waals surface area contributed by atoms with Gasteiger partial charge in [0.25, 0.3) is 5.91 Å². The number of aromatic nitrogens is 2. The zero-order chi connectivity index (χ0) is 14.4. The van der Waals surface area contributed by atoms with E-state index in [1.807, 2.05) is 19.1 Å². The van der Waals surface area contributed by atoms with Crippen LogP contribution in [-0.2, 0) is 13.0 Å². The molecule has 0 saturated carbocycles. The van der Waals surface area contributed by atoms with Gasteiger partial charge in [-0.2, -0.15) is 0 Å². The van der Waals surface area contributed by atoms with Crippen molar-refractivity contribution in [1.29, 1.82) is 0 Å². The minimum atomic E-state index is -0.239. The molecule has 2 heterocycles. The summed E-state index contributed by atoms with van der Waals surface area (Å²) >= 11 is 0. The molecule has 2 aromatic heterocycles. The fraction of sp³-hybridized carbons (Fsp3) is 0.267. The number of hydrogen-bond donors (Lipinski definition) is 2. The molecular formula is C15H17N3O2. The molecule has 0 aliphatic rings. The molecule has 5 heteroatoms. The Morgan fingerprint density at radius 2 is 2.20 bits per heavy atom. The first-order valence-corrected chi connectivity index (χ1v) is 6.44. The van der Waals surface area contributed by atoms with Gasteiger partial charge in [-0.25, -0.2) is 0 Å². The largest absolute Gasteiger partial charge is 0.392 e. The molecule has 0 aromatic carbocycles. The summed E-state index contributed by atoms with van der Waals surface area (Å²) in [5.74, 6) is -0.239. The van der Waals surface area contributed by atoms with Gasteiger partial charge in [0.2, 0.25) is 0 Å². The van der Waals surface area contributed by atoms with Gasteiger partial charge in [-0.15, -0.1) is 0 Å². The van der Waals surface area contributed by atoms with Crippen molar-refractivity contribution in [3.05, 3.63) is 59.7 Å². The van der Waals surface area contributed by atoms with Crippen LogP contribution in [0, 0.1) is 0 Å². The Hall–Kier alpha value is -2.27. The third kappa shape index (κ3) is 3.86. The summed E-state index contributed by atoms with van der Waals surface area (Å²) < 4.78 is 0. The van der Waals surface area contributed by atoms with Crippen LogP contribution >= 0.6 is 0 Å². The normalized spacial score (nSPS) is 11.9. The summed E-state index contributed by atoms with van der Waals surface area (Å²) in [4.78, 5) is 20.1. The lowest BCUT2D eigenvalue weighted by Gasteiger charge is -2.13. The predicted molar refractivity (Wildman–Crippen MR) is 75.0 cm³/mol. The average Bonchev–Trinajstić information content (AvgIpc) is 2.48. The second kappa shape index (κ2) is 6.77. The number of aliphatic hydroxyl groups excluding tert-OH is 1. The van der Waals surface area contributed by atoms with Crippen LogP contribution in [0.5, 0.6) is 0 Å². The molecule has 2 aromatic rings. The minimum absolute atomic E-state index is 0.0220. The average molecular weight is 271 g/mol. The molecule has 104 valence electrons. The molecule has 5 nitrogen and oxygen atoms in total. The lowest BCUT2D eigenvalue weighted by Crippen LogP contribution is -2.34. The number of hydrogen-bond acceptors (Lipinski definition) is 4. The van der Waals surface area contributed by atoms with E-state index in [4.69, 9.17) is 5.11 Å². The number of carbonyl (C=O) groups excluding carboxylic acids is 1. The highest BCUT2D eigenvalue weighted by Crippen LogP contribution is 2.04. The van der Waals surface area contributed by atoms with Crippen LogP contribution in [0.15, 0.2) is 42.9 Å². The number of nitrogens with one attached hydrogen (secondary N) is 1. The van der Waals surface area contributed by atoms with E-state index in [1.165, 1.54) is 6.20 Å². The van der Waals surface area contributed by atoms with E-state index in [9.17, 15) is 4.79 Å². The topological polar surface area (TPSA) is 75.1 Å². The van der Waals surface area contributed by atoms with Crippen molar-refractivity contribution in [2.45, 2.75) is 26.0 Å². The van der Waals surface area contributed by atoms with Crippen LogP contribution in [-0.4, -0.2) is 27.0 Å². The third-order valence-electron chi connectivity index (χ3n) is 2.88. The molecule has 0 aliphatic heterocycles. The first kappa shape index (κ1) is 14.1. The number of rotatable bonds is 5. The molecule has 0 spiro atoms. The van der Waals surface area contributed by atoms with Crippen molar-refractivity contribution in [1.82, 2.24) is 15.3 Å². The summed E-state index contributed by atoms with van der Waals surface area (Å²) in [5.41, 5.74) is 2.05. The minimum Gasteiger partial charge on any atom is -0.392 e. The number of amides is 1. The first-order valence-electron chi connectivity index (χ1n) is 6.44. The van der Waals surface area contributed by atoms with Gasteiger partial charge in [-0.3, -0.25) is 14.8 Å². The van der Waals surface area contributed by atoms with E-state index in [0.29, 0.717) is 17.7 Å². The first-order chi connectivity index (χ1) is 9.69. The SMILES string of the molecule is C[C@@H](Cc1cccnc1)NC(=O)c1cc(CO)ccn1. The Bertz CT molecular complexity index is 572. The monoisotopic (exact) mass is 271 g/mol.